The first-order valence-corrected chi connectivity index (χ1v) is 17.4. The van der Waals surface area contributed by atoms with Gasteiger partial charge in [0, 0.05) is 44.2 Å². The van der Waals surface area contributed by atoms with Crippen LogP contribution in [0.15, 0.2) is 35.5 Å². The fourth-order valence-electron chi connectivity index (χ4n) is 6.09. The number of amides is 4. The Morgan fingerprint density at radius 3 is 2.38 bits per heavy atom. The number of nitrogens with one attached hydrogen (secondary N) is 2. The second kappa shape index (κ2) is 16.0. The van der Waals surface area contributed by atoms with E-state index in [0.717, 1.165) is 50.5 Å². The smallest absolute Gasteiger partial charge is 0.279 e. The highest BCUT2D eigenvalue weighted by atomic mass is 32.2. The Kier molecular flexibility index (Phi) is 12.4. The van der Waals surface area contributed by atoms with Gasteiger partial charge in [0.15, 0.2) is 0 Å². The summed E-state index contributed by atoms with van der Waals surface area (Å²) in [6, 6.07) is 6.26. The van der Waals surface area contributed by atoms with Gasteiger partial charge in [-0.2, -0.15) is 5.10 Å². The van der Waals surface area contributed by atoms with Crippen LogP contribution in [-0.4, -0.2) is 86.9 Å². The number of hydrogen-bond donors (Lipinski definition) is 2. The summed E-state index contributed by atoms with van der Waals surface area (Å²) in [5.41, 5.74) is 0.922. The minimum absolute atomic E-state index is 0.00667. The molecule has 2 heterocycles. The average molecular weight is 670 g/mol. The van der Waals surface area contributed by atoms with Crippen LogP contribution in [0.1, 0.15) is 94.6 Å². The molecule has 256 valence electrons. The van der Waals surface area contributed by atoms with Crippen LogP contribution in [0.3, 0.4) is 0 Å². The number of aliphatic imine (C=N–C) groups is 1. The maximum atomic E-state index is 15.7. The van der Waals surface area contributed by atoms with Gasteiger partial charge in [-0.05, 0) is 82.4 Å². The Labute approximate surface area is 281 Å². The van der Waals surface area contributed by atoms with Crippen LogP contribution in [-0.2, 0) is 20.9 Å². The van der Waals surface area contributed by atoms with Gasteiger partial charge in [0.05, 0.1) is 5.69 Å². The number of anilines is 1. The predicted molar refractivity (Wildman–Crippen MR) is 183 cm³/mol. The molecule has 11 nitrogen and oxygen atoms in total. The van der Waals surface area contributed by atoms with Gasteiger partial charge in [0.2, 0.25) is 11.8 Å². The Morgan fingerprint density at radius 1 is 1.11 bits per heavy atom. The van der Waals surface area contributed by atoms with Gasteiger partial charge in [0.1, 0.15) is 22.0 Å². The number of rotatable bonds is 12. The summed E-state index contributed by atoms with van der Waals surface area (Å²) in [4.78, 5) is 60.6. The molecule has 4 amide bonds. The van der Waals surface area contributed by atoms with Crippen molar-refractivity contribution in [2.24, 2.45) is 10.9 Å². The lowest BCUT2D eigenvalue weighted by Crippen LogP contribution is -2.61. The molecule has 1 aromatic heterocycles. The molecule has 47 heavy (non-hydrogen) atoms. The Hall–Kier alpha value is -3.58. The molecule has 1 aromatic carbocycles. The summed E-state index contributed by atoms with van der Waals surface area (Å²) in [6.45, 7) is 8.68. The fourth-order valence-corrected chi connectivity index (χ4v) is 7.04. The molecule has 0 bridgehead atoms. The Morgan fingerprint density at radius 2 is 1.79 bits per heavy atom. The van der Waals surface area contributed by atoms with Crippen molar-refractivity contribution in [2.75, 3.05) is 32.5 Å². The van der Waals surface area contributed by atoms with Crippen molar-refractivity contribution in [3.63, 3.8) is 0 Å². The molecule has 1 aliphatic heterocycles. The molecular weight excluding hydrogens is 621 g/mol. The van der Waals surface area contributed by atoms with Crippen molar-refractivity contribution >= 4 is 47.0 Å². The number of likely N-dealkylation sites (N-methyl/N-ethyl adjacent to an activating group) is 1. The van der Waals surface area contributed by atoms with Crippen molar-refractivity contribution in [1.29, 1.82) is 0 Å². The van der Waals surface area contributed by atoms with Crippen LogP contribution in [0.2, 0.25) is 0 Å². The highest BCUT2D eigenvalue weighted by Crippen LogP contribution is 2.41. The van der Waals surface area contributed by atoms with Gasteiger partial charge in [0.25, 0.3) is 11.8 Å². The lowest BCUT2D eigenvalue weighted by molar-refractivity contribution is -0.131. The average Bonchev–Trinajstić information content (AvgIpc) is 3.34. The third kappa shape index (κ3) is 8.48. The molecule has 2 N–H and O–H groups in total. The molecule has 13 heteroatoms. The van der Waals surface area contributed by atoms with E-state index in [-0.39, 0.29) is 41.6 Å². The van der Waals surface area contributed by atoms with Gasteiger partial charge in [-0.25, -0.2) is 9.38 Å². The van der Waals surface area contributed by atoms with Gasteiger partial charge in [-0.15, -0.1) is 0 Å². The molecule has 2 fully saturated rings. The zero-order chi connectivity index (χ0) is 34.3. The summed E-state index contributed by atoms with van der Waals surface area (Å²) < 4.78 is 19.1. The number of nitrogens with zero attached hydrogens (tertiary/aromatic N) is 5. The molecule has 1 saturated heterocycles. The predicted octanol–water partition coefficient (Wildman–Crippen LogP) is 5.04. The van der Waals surface area contributed by atoms with Crippen LogP contribution in [0.25, 0.3) is 0 Å². The fraction of sp³-hybridized carbons (Fsp3) is 0.588. The van der Waals surface area contributed by atoms with Crippen molar-refractivity contribution < 1.29 is 23.6 Å². The van der Waals surface area contributed by atoms with Crippen LogP contribution in [0.5, 0.6) is 0 Å². The molecule has 2 atom stereocenters. The van der Waals surface area contributed by atoms with Crippen LogP contribution in [0.4, 0.5) is 10.1 Å². The van der Waals surface area contributed by atoms with Gasteiger partial charge in [-0.3, -0.25) is 28.6 Å². The third-order valence-corrected chi connectivity index (χ3v) is 10.7. The molecule has 1 aliphatic carbocycles. The second-order valence-electron chi connectivity index (χ2n) is 12.8. The maximum Gasteiger partial charge on any atom is 0.279 e. The highest BCUT2D eigenvalue weighted by Gasteiger charge is 2.43. The van der Waals surface area contributed by atoms with Crippen LogP contribution < -0.4 is 10.0 Å². The second-order valence-corrected chi connectivity index (χ2v) is 14.1. The first kappa shape index (κ1) is 36.3. The van der Waals surface area contributed by atoms with Gasteiger partial charge in [-0.1, -0.05) is 45.6 Å². The molecule has 4 rings (SSSR count). The van der Waals surface area contributed by atoms with E-state index in [1.807, 2.05) is 32.8 Å². The number of carbonyl (C=O) groups excluding carboxylic acids is 4. The van der Waals surface area contributed by atoms with E-state index < -0.39 is 28.3 Å². The monoisotopic (exact) mass is 669 g/mol. The maximum absolute atomic E-state index is 15.7. The summed E-state index contributed by atoms with van der Waals surface area (Å²) in [5, 5.41) is 6.96. The normalized spacial score (nSPS) is 18.2. The van der Waals surface area contributed by atoms with Crippen LogP contribution in [0, 0.1) is 11.7 Å². The van der Waals surface area contributed by atoms with Gasteiger partial charge < -0.3 is 15.1 Å². The number of aromatic nitrogens is 2. The molecule has 0 radical (unpaired) electrons. The van der Waals surface area contributed by atoms with E-state index in [4.69, 9.17) is 0 Å². The van der Waals surface area contributed by atoms with E-state index in [9.17, 15) is 19.2 Å². The summed E-state index contributed by atoms with van der Waals surface area (Å²) >= 11 is 1.07. The number of halogens is 1. The van der Waals surface area contributed by atoms with E-state index in [1.165, 1.54) is 12.1 Å². The molecule has 1 saturated carbocycles. The zero-order valence-corrected chi connectivity index (χ0v) is 29.2. The van der Waals surface area contributed by atoms with Crippen molar-refractivity contribution in [3.05, 3.63) is 47.5 Å². The SMILES string of the molecule is CCC(=O)N=C(C(=O)N1CC(N(C)C)C1)[C@@H](C)c1ccc(NC(=O)[C@](C)(SNC(=O)c2ccnn2CC)C2CCCCCC2)c(F)c1. The zero-order valence-electron chi connectivity index (χ0n) is 28.3. The first-order valence-electron chi connectivity index (χ1n) is 16.6. The topological polar surface area (TPSA) is 129 Å². The van der Waals surface area contributed by atoms with E-state index in [2.05, 4.69) is 20.1 Å². The molecule has 2 aliphatic rings. The number of carbonyl (C=O) groups is 4. The highest BCUT2D eigenvalue weighted by molar-refractivity contribution is 8.00. The largest absolute Gasteiger partial charge is 0.334 e. The minimum Gasteiger partial charge on any atom is -0.334 e. The Bertz CT molecular complexity index is 1480. The van der Waals surface area contributed by atoms with Gasteiger partial charge >= 0.3 is 0 Å². The number of hydrogen-bond acceptors (Lipinski definition) is 7. The van der Waals surface area contributed by atoms with Crippen molar-refractivity contribution in [3.8, 4) is 0 Å². The number of likely N-dealkylation sites (tertiary alicyclic amines) is 1. The van der Waals surface area contributed by atoms with Crippen molar-refractivity contribution in [2.45, 2.75) is 95.9 Å². The minimum atomic E-state index is -1.08. The lowest BCUT2D eigenvalue weighted by atomic mass is 9.85. The summed E-state index contributed by atoms with van der Waals surface area (Å²) in [6.07, 6.45) is 7.45. The van der Waals surface area contributed by atoms with Crippen molar-refractivity contribution in [1.82, 2.24) is 24.3 Å². The van der Waals surface area contributed by atoms with Crippen LogP contribution >= 0.6 is 11.9 Å². The quantitative estimate of drug-likeness (QED) is 0.184. The standard InChI is InChI=1S/C34H48FN7O4S/c1-7-29(43)38-30(32(45)41-20-25(21-41)40(5)6)22(3)23-15-16-27(26(35)19-23)37-33(46)34(4,24-13-11-9-10-12-14-24)47-39-31(44)28-17-18-36-42(28)8-2/h15-19,22,24-25H,7-14,20-21H2,1-6H3,(H,37,46)(H,39,44)/t22-,34+/m0/s1. The lowest BCUT2D eigenvalue weighted by Gasteiger charge is -2.43. The molecule has 2 aromatic rings. The number of benzene rings is 1. The molecular formula is C34H48FN7O4S. The van der Waals surface area contributed by atoms with E-state index in [0.29, 0.717) is 30.9 Å². The summed E-state index contributed by atoms with van der Waals surface area (Å²) in [7, 11) is 3.90. The summed E-state index contributed by atoms with van der Waals surface area (Å²) in [5.74, 6) is -2.88. The number of aryl methyl sites for hydroxylation is 1. The molecule has 0 unspecified atom stereocenters. The molecule has 0 spiro atoms. The van der Waals surface area contributed by atoms with E-state index >= 15 is 4.39 Å². The third-order valence-electron chi connectivity index (χ3n) is 9.49. The van der Waals surface area contributed by atoms with E-state index in [1.54, 1.807) is 41.8 Å². The first-order chi connectivity index (χ1) is 22.4. The Balaban J connectivity index is 1.54.